The van der Waals surface area contributed by atoms with Crippen molar-refractivity contribution >= 4 is 34.6 Å². The standard InChI is InChI=1S/C21H20FN5O3S/c1-30-17-7-3-2-5-15(17)24-21(29)27-12-4-6-16(27)19-25-26-20(31-19)18(28)23-14-10-8-13(22)9-11-14/h2-3,5,7-11,16H,4,6,12H2,1H3,(H,23,28)(H,24,29). The van der Waals surface area contributed by atoms with E-state index in [1.54, 1.807) is 24.1 Å². The Labute approximate surface area is 182 Å². The fourth-order valence-corrected chi connectivity index (χ4v) is 4.27. The van der Waals surface area contributed by atoms with Gasteiger partial charge in [-0.2, -0.15) is 0 Å². The van der Waals surface area contributed by atoms with E-state index in [-0.39, 0.29) is 22.9 Å². The monoisotopic (exact) mass is 441 g/mol. The van der Waals surface area contributed by atoms with Gasteiger partial charge in [0.25, 0.3) is 5.91 Å². The topological polar surface area (TPSA) is 96.4 Å². The molecule has 1 aliphatic heterocycles. The molecule has 1 fully saturated rings. The van der Waals surface area contributed by atoms with Crippen LogP contribution in [0.2, 0.25) is 0 Å². The Kier molecular flexibility index (Phi) is 6.08. The Morgan fingerprint density at radius 2 is 1.90 bits per heavy atom. The van der Waals surface area contributed by atoms with Gasteiger partial charge in [0.15, 0.2) is 0 Å². The molecule has 4 rings (SSSR count). The Morgan fingerprint density at radius 1 is 1.13 bits per heavy atom. The molecule has 0 saturated carbocycles. The van der Waals surface area contributed by atoms with E-state index in [0.717, 1.165) is 24.2 Å². The summed E-state index contributed by atoms with van der Waals surface area (Å²) >= 11 is 1.14. The molecule has 2 N–H and O–H groups in total. The summed E-state index contributed by atoms with van der Waals surface area (Å²) in [5, 5.41) is 14.4. The van der Waals surface area contributed by atoms with Crippen LogP contribution in [0.1, 0.15) is 33.7 Å². The first-order valence-corrected chi connectivity index (χ1v) is 10.5. The zero-order valence-electron chi connectivity index (χ0n) is 16.7. The Hall–Kier alpha value is -3.53. The van der Waals surface area contributed by atoms with E-state index >= 15 is 0 Å². The summed E-state index contributed by atoms with van der Waals surface area (Å²) in [6.45, 7) is 0.572. The van der Waals surface area contributed by atoms with Gasteiger partial charge < -0.3 is 20.3 Å². The summed E-state index contributed by atoms with van der Waals surface area (Å²) in [7, 11) is 1.55. The number of rotatable bonds is 5. The molecule has 3 amide bonds. The molecule has 160 valence electrons. The number of aromatic nitrogens is 2. The smallest absolute Gasteiger partial charge is 0.322 e. The predicted octanol–water partition coefficient (Wildman–Crippen LogP) is 4.31. The molecule has 1 aromatic heterocycles. The number of hydrogen-bond donors (Lipinski definition) is 2. The number of carbonyl (C=O) groups is 2. The average molecular weight is 441 g/mol. The van der Waals surface area contributed by atoms with Crippen LogP contribution < -0.4 is 15.4 Å². The third kappa shape index (κ3) is 4.64. The molecule has 8 nitrogen and oxygen atoms in total. The fourth-order valence-electron chi connectivity index (χ4n) is 3.38. The number of nitrogens with one attached hydrogen (secondary N) is 2. The predicted molar refractivity (Wildman–Crippen MR) is 115 cm³/mol. The third-order valence-corrected chi connectivity index (χ3v) is 5.91. The number of anilines is 2. The van der Waals surface area contributed by atoms with Crippen LogP contribution in [0, 0.1) is 5.82 Å². The number of amides is 3. The number of methoxy groups -OCH3 is 1. The highest BCUT2D eigenvalue weighted by atomic mass is 32.1. The van der Waals surface area contributed by atoms with Crippen LogP contribution in [0.15, 0.2) is 48.5 Å². The van der Waals surface area contributed by atoms with Gasteiger partial charge in [0.2, 0.25) is 5.01 Å². The molecule has 31 heavy (non-hydrogen) atoms. The summed E-state index contributed by atoms with van der Waals surface area (Å²) < 4.78 is 18.3. The highest BCUT2D eigenvalue weighted by Gasteiger charge is 2.33. The van der Waals surface area contributed by atoms with Crippen molar-refractivity contribution in [1.82, 2.24) is 15.1 Å². The highest BCUT2D eigenvalue weighted by molar-refractivity contribution is 7.13. The van der Waals surface area contributed by atoms with Crippen LogP contribution in [0.4, 0.5) is 20.6 Å². The summed E-state index contributed by atoms with van der Waals surface area (Å²) in [4.78, 5) is 27.0. The molecule has 2 aromatic carbocycles. The minimum absolute atomic E-state index is 0.177. The lowest BCUT2D eigenvalue weighted by atomic mass is 10.2. The van der Waals surface area contributed by atoms with Gasteiger partial charge in [-0.3, -0.25) is 4.79 Å². The van der Waals surface area contributed by atoms with E-state index in [0.29, 0.717) is 28.7 Å². The number of urea groups is 1. The number of carbonyl (C=O) groups excluding carboxylic acids is 2. The van der Waals surface area contributed by atoms with Crippen molar-refractivity contribution in [1.29, 1.82) is 0 Å². The van der Waals surface area contributed by atoms with Crippen LogP contribution in [-0.2, 0) is 0 Å². The van der Waals surface area contributed by atoms with Crippen molar-refractivity contribution in [3.8, 4) is 5.75 Å². The summed E-state index contributed by atoms with van der Waals surface area (Å²) in [5.41, 5.74) is 1.04. The van der Waals surface area contributed by atoms with Crippen molar-refractivity contribution < 1.29 is 18.7 Å². The number of halogens is 1. The zero-order valence-corrected chi connectivity index (χ0v) is 17.5. The molecule has 0 bridgehead atoms. The minimum atomic E-state index is -0.432. The van der Waals surface area contributed by atoms with Gasteiger partial charge in [0.05, 0.1) is 18.8 Å². The van der Waals surface area contributed by atoms with Crippen LogP contribution >= 0.6 is 11.3 Å². The summed E-state index contributed by atoms with van der Waals surface area (Å²) in [6.07, 6.45) is 1.55. The molecule has 0 spiro atoms. The fraction of sp³-hybridized carbons (Fsp3) is 0.238. The van der Waals surface area contributed by atoms with Crippen LogP contribution in [0.3, 0.4) is 0 Å². The maximum Gasteiger partial charge on any atom is 0.322 e. The van der Waals surface area contributed by atoms with Crippen molar-refractivity contribution in [2.75, 3.05) is 24.3 Å². The van der Waals surface area contributed by atoms with Gasteiger partial charge in [-0.15, -0.1) is 10.2 Å². The maximum atomic E-state index is 13.0. The van der Waals surface area contributed by atoms with E-state index in [1.165, 1.54) is 24.3 Å². The lowest BCUT2D eigenvalue weighted by molar-refractivity contribution is 0.102. The maximum absolute atomic E-state index is 13.0. The first-order valence-electron chi connectivity index (χ1n) is 9.66. The molecule has 1 aliphatic rings. The van der Waals surface area contributed by atoms with Crippen molar-refractivity contribution in [3.63, 3.8) is 0 Å². The third-order valence-electron chi connectivity index (χ3n) is 4.88. The van der Waals surface area contributed by atoms with Gasteiger partial charge in [0, 0.05) is 12.2 Å². The second-order valence-corrected chi connectivity index (χ2v) is 7.90. The molecule has 10 heteroatoms. The van der Waals surface area contributed by atoms with Gasteiger partial charge in [0.1, 0.15) is 16.6 Å². The van der Waals surface area contributed by atoms with Crippen LogP contribution in [-0.4, -0.2) is 40.7 Å². The zero-order chi connectivity index (χ0) is 21.8. The van der Waals surface area contributed by atoms with Crippen LogP contribution in [0.25, 0.3) is 0 Å². The van der Waals surface area contributed by atoms with Crippen LogP contribution in [0.5, 0.6) is 5.75 Å². The van der Waals surface area contributed by atoms with E-state index < -0.39 is 5.91 Å². The number of benzene rings is 2. The van der Waals surface area contributed by atoms with E-state index in [2.05, 4.69) is 20.8 Å². The largest absolute Gasteiger partial charge is 0.495 e. The summed E-state index contributed by atoms with van der Waals surface area (Å²) in [6, 6.07) is 12.1. The second-order valence-electron chi connectivity index (χ2n) is 6.89. The number of nitrogens with zero attached hydrogens (tertiary/aromatic N) is 3. The average Bonchev–Trinajstić information content (AvgIpc) is 3.45. The number of ether oxygens (including phenoxy) is 1. The Morgan fingerprint density at radius 3 is 2.68 bits per heavy atom. The van der Waals surface area contributed by atoms with E-state index in [1.807, 2.05) is 12.1 Å². The Bertz CT molecular complexity index is 1090. The molecule has 1 unspecified atom stereocenters. The number of para-hydroxylation sites is 2. The van der Waals surface area contributed by atoms with Crippen molar-refractivity contribution in [2.24, 2.45) is 0 Å². The Balaban J connectivity index is 1.45. The molecule has 1 saturated heterocycles. The molecule has 2 heterocycles. The second kappa shape index (κ2) is 9.09. The molecule has 3 aromatic rings. The molecule has 0 radical (unpaired) electrons. The molecular formula is C21H20FN5O3S. The number of hydrogen-bond acceptors (Lipinski definition) is 6. The van der Waals surface area contributed by atoms with Crippen molar-refractivity contribution in [2.45, 2.75) is 18.9 Å². The lowest BCUT2D eigenvalue weighted by Gasteiger charge is -2.23. The van der Waals surface area contributed by atoms with Crippen molar-refractivity contribution in [3.05, 3.63) is 64.4 Å². The lowest BCUT2D eigenvalue weighted by Crippen LogP contribution is -2.34. The van der Waals surface area contributed by atoms with Gasteiger partial charge >= 0.3 is 6.03 Å². The van der Waals surface area contributed by atoms with E-state index in [9.17, 15) is 14.0 Å². The molecule has 1 atom stereocenters. The minimum Gasteiger partial charge on any atom is -0.495 e. The SMILES string of the molecule is COc1ccccc1NC(=O)N1CCCC1c1nnc(C(=O)Nc2ccc(F)cc2)s1. The quantitative estimate of drug-likeness (QED) is 0.615. The normalized spacial score (nSPS) is 15.5. The first kappa shape index (κ1) is 20.7. The van der Waals surface area contributed by atoms with E-state index in [4.69, 9.17) is 4.74 Å². The summed E-state index contributed by atoms with van der Waals surface area (Å²) in [5.74, 6) is -0.246. The molecule has 0 aliphatic carbocycles. The van der Waals surface area contributed by atoms with Gasteiger partial charge in [-0.1, -0.05) is 23.5 Å². The highest BCUT2D eigenvalue weighted by Crippen LogP contribution is 2.35. The molecular weight excluding hydrogens is 421 g/mol. The number of likely N-dealkylation sites (tertiary alicyclic amines) is 1. The van der Waals surface area contributed by atoms with Gasteiger partial charge in [-0.25, -0.2) is 9.18 Å². The van der Waals surface area contributed by atoms with Gasteiger partial charge in [-0.05, 0) is 49.2 Å². The first-order chi connectivity index (χ1) is 15.0.